The highest BCUT2D eigenvalue weighted by Gasteiger charge is 2.55. The van der Waals surface area contributed by atoms with E-state index < -0.39 is 23.5 Å². The molecule has 0 amide bonds. The highest BCUT2D eigenvalue weighted by molar-refractivity contribution is 5.35. The molecule has 2 atom stereocenters. The average Bonchev–Trinajstić information content (AvgIpc) is 2.90. The number of aliphatic hydroxyl groups is 1. The number of rotatable bonds is 3. The molecule has 2 unspecified atom stereocenters. The SMILES string of the molecule is OCC1C2CN(Cc3ccc(C(F)(F)F)cc3C(F)(F)F)CC12. The Morgan fingerprint density at radius 2 is 1.61 bits per heavy atom. The number of hydrogen-bond acceptors (Lipinski definition) is 2. The number of halogens is 6. The summed E-state index contributed by atoms with van der Waals surface area (Å²) in [6, 6.07) is 1.79. The molecule has 0 spiro atoms. The van der Waals surface area contributed by atoms with Gasteiger partial charge in [0.2, 0.25) is 0 Å². The van der Waals surface area contributed by atoms with Crippen molar-refractivity contribution in [2.45, 2.75) is 18.9 Å². The van der Waals surface area contributed by atoms with Crippen LogP contribution in [0, 0.1) is 17.8 Å². The molecule has 1 aliphatic carbocycles. The Morgan fingerprint density at radius 1 is 1.00 bits per heavy atom. The summed E-state index contributed by atoms with van der Waals surface area (Å²) in [4.78, 5) is 1.80. The predicted molar refractivity (Wildman–Crippen MR) is 69.3 cm³/mol. The van der Waals surface area contributed by atoms with Crippen LogP contribution in [0.4, 0.5) is 26.3 Å². The van der Waals surface area contributed by atoms with Gasteiger partial charge in [-0.25, -0.2) is 0 Å². The van der Waals surface area contributed by atoms with Gasteiger partial charge in [0.05, 0.1) is 11.1 Å². The molecule has 1 N–H and O–H groups in total. The van der Waals surface area contributed by atoms with E-state index in [1.165, 1.54) is 0 Å². The molecule has 1 aliphatic heterocycles. The van der Waals surface area contributed by atoms with Crippen molar-refractivity contribution in [2.75, 3.05) is 19.7 Å². The van der Waals surface area contributed by atoms with Crippen LogP contribution in [0.15, 0.2) is 18.2 Å². The minimum absolute atomic E-state index is 0.0296. The van der Waals surface area contributed by atoms with Crippen molar-refractivity contribution in [3.63, 3.8) is 0 Å². The van der Waals surface area contributed by atoms with Crippen LogP contribution in [0.1, 0.15) is 16.7 Å². The lowest BCUT2D eigenvalue weighted by Crippen LogP contribution is -2.26. The molecule has 1 aromatic rings. The second kappa shape index (κ2) is 5.37. The molecule has 2 nitrogen and oxygen atoms in total. The minimum Gasteiger partial charge on any atom is -0.396 e. The molecular weight excluding hydrogens is 324 g/mol. The van der Waals surface area contributed by atoms with E-state index in [9.17, 15) is 26.3 Å². The number of hydrogen-bond donors (Lipinski definition) is 1. The second-order valence-electron chi connectivity index (χ2n) is 6.24. The zero-order chi connectivity index (χ0) is 17.0. The van der Waals surface area contributed by atoms with Crippen molar-refractivity contribution >= 4 is 0 Å². The standard InChI is InChI=1S/C15H15F6NO/c16-14(17,18)9-2-1-8(13(3-9)15(19,20)21)4-22-5-10-11(6-22)12(10)7-23/h1-3,10-12,23H,4-7H2. The van der Waals surface area contributed by atoms with Gasteiger partial charge in [-0.3, -0.25) is 4.90 Å². The van der Waals surface area contributed by atoms with Crippen LogP contribution in [-0.2, 0) is 18.9 Å². The number of piperidine rings is 1. The summed E-state index contributed by atoms with van der Waals surface area (Å²) in [6.45, 7) is 1.21. The molecule has 3 rings (SSSR count). The number of fused-ring (bicyclic) bond motifs is 1. The fourth-order valence-corrected chi connectivity index (χ4v) is 3.53. The maximum absolute atomic E-state index is 13.1. The second-order valence-corrected chi connectivity index (χ2v) is 6.24. The number of benzene rings is 1. The Hall–Kier alpha value is -1.28. The topological polar surface area (TPSA) is 23.5 Å². The summed E-state index contributed by atoms with van der Waals surface area (Å²) >= 11 is 0. The lowest BCUT2D eigenvalue weighted by Gasteiger charge is -2.22. The zero-order valence-electron chi connectivity index (χ0n) is 12.0. The third-order valence-corrected chi connectivity index (χ3v) is 4.79. The van der Waals surface area contributed by atoms with Gasteiger partial charge < -0.3 is 5.11 Å². The molecule has 1 saturated carbocycles. The molecule has 2 aliphatic rings. The molecule has 8 heteroatoms. The molecule has 128 valence electrons. The van der Waals surface area contributed by atoms with Crippen LogP contribution >= 0.6 is 0 Å². The fraction of sp³-hybridized carbons (Fsp3) is 0.600. The average molecular weight is 339 g/mol. The first kappa shape index (κ1) is 16.6. The van der Waals surface area contributed by atoms with Gasteiger partial charge in [0.1, 0.15) is 0 Å². The Morgan fingerprint density at radius 3 is 2.09 bits per heavy atom. The third kappa shape index (κ3) is 3.19. The van der Waals surface area contributed by atoms with Crippen LogP contribution in [-0.4, -0.2) is 29.7 Å². The Bertz CT molecular complexity index is 585. The summed E-state index contributed by atoms with van der Waals surface area (Å²) in [5.74, 6) is 0.813. The van der Waals surface area contributed by atoms with E-state index in [4.69, 9.17) is 5.11 Å². The van der Waals surface area contributed by atoms with E-state index in [1.807, 2.05) is 0 Å². The lowest BCUT2D eigenvalue weighted by molar-refractivity contribution is -0.143. The largest absolute Gasteiger partial charge is 0.416 e. The van der Waals surface area contributed by atoms with E-state index >= 15 is 0 Å². The van der Waals surface area contributed by atoms with Crippen LogP contribution in [0.3, 0.4) is 0 Å². The van der Waals surface area contributed by atoms with E-state index in [2.05, 4.69) is 0 Å². The smallest absolute Gasteiger partial charge is 0.396 e. The zero-order valence-corrected chi connectivity index (χ0v) is 12.0. The van der Waals surface area contributed by atoms with Gasteiger partial charge in [-0.05, 0) is 35.4 Å². The molecule has 1 heterocycles. The van der Waals surface area contributed by atoms with E-state index in [-0.39, 0.29) is 30.7 Å². The van der Waals surface area contributed by atoms with Crippen LogP contribution in [0.25, 0.3) is 0 Å². The van der Waals surface area contributed by atoms with E-state index in [1.54, 1.807) is 4.90 Å². The summed E-state index contributed by atoms with van der Waals surface area (Å²) in [7, 11) is 0. The van der Waals surface area contributed by atoms with Gasteiger partial charge in [0, 0.05) is 26.2 Å². The summed E-state index contributed by atoms with van der Waals surface area (Å²) in [5.41, 5.74) is -2.67. The van der Waals surface area contributed by atoms with E-state index in [0.29, 0.717) is 31.0 Å². The van der Waals surface area contributed by atoms with Gasteiger partial charge in [0.25, 0.3) is 0 Å². The van der Waals surface area contributed by atoms with Gasteiger partial charge in [-0.2, -0.15) is 26.3 Å². The molecule has 1 saturated heterocycles. The normalized spacial score (nSPS) is 28.0. The quantitative estimate of drug-likeness (QED) is 0.854. The first-order valence-corrected chi connectivity index (χ1v) is 7.22. The molecule has 1 aromatic carbocycles. The minimum atomic E-state index is -4.83. The van der Waals surface area contributed by atoms with Crippen LogP contribution in [0.2, 0.25) is 0 Å². The van der Waals surface area contributed by atoms with Crippen molar-refractivity contribution in [1.82, 2.24) is 4.90 Å². The van der Waals surface area contributed by atoms with Gasteiger partial charge >= 0.3 is 12.4 Å². The number of alkyl halides is 6. The van der Waals surface area contributed by atoms with Gasteiger partial charge in [0.15, 0.2) is 0 Å². The van der Waals surface area contributed by atoms with Crippen molar-refractivity contribution in [3.05, 3.63) is 34.9 Å². The van der Waals surface area contributed by atoms with Gasteiger partial charge in [-0.1, -0.05) is 6.07 Å². The van der Waals surface area contributed by atoms with Crippen molar-refractivity contribution in [1.29, 1.82) is 0 Å². The molecular formula is C15H15F6NO. The Labute approximate surface area is 128 Å². The fourth-order valence-electron chi connectivity index (χ4n) is 3.53. The maximum Gasteiger partial charge on any atom is 0.416 e. The highest BCUT2D eigenvalue weighted by Crippen LogP contribution is 2.51. The molecule has 0 aromatic heterocycles. The number of nitrogens with zero attached hydrogens (tertiary/aromatic N) is 1. The molecule has 23 heavy (non-hydrogen) atoms. The molecule has 2 fully saturated rings. The summed E-state index contributed by atoms with van der Waals surface area (Å²) in [5, 5.41) is 9.07. The van der Waals surface area contributed by atoms with Crippen molar-refractivity contribution in [2.24, 2.45) is 17.8 Å². The highest BCUT2D eigenvalue weighted by atomic mass is 19.4. The van der Waals surface area contributed by atoms with Gasteiger partial charge in [-0.15, -0.1) is 0 Å². The molecule has 0 radical (unpaired) electrons. The monoisotopic (exact) mass is 339 g/mol. The predicted octanol–water partition coefficient (Wildman–Crippen LogP) is 3.39. The summed E-state index contributed by atoms with van der Waals surface area (Å²) in [6.07, 6.45) is -9.63. The van der Waals surface area contributed by atoms with Crippen molar-refractivity contribution in [3.8, 4) is 0 Å². The maximum atomic E-state index is 13.1. The molecule has 0 bridgehead atoms. The first-order valence-electron chi connectivity index (χ1n) is 7.22. The lowest BCUT2D eigenvalue weighted by atomic mass is 10.0. The first-order chi connectivity index (χ1) is 10.6. The Balaban J connectivity index is 1.79. The van der Waals surface area contributed by atoms with Crippen molar-refractivity contribution < 1.29 is 31.4 Å². The third-order valence-electron chi connectivity index (χ3n) is 4.79. The Kier molecular flexibility index (Phi) is 3.87. The van der Waals surface area contributed by atoms with E-state index in [0.717, 1.165) is 6.07 Å². The number of likely N-dealkylation sites (tertiary alicyclic amines) is 1. The summed E-state index contributed by atoms with van der Waals surface area (Å²) < 4.78 is 77.1. The van der Waals surface area contributed by atoms with Crippen LogP contribution in [0.5, 0.6) is 0 Å². The van der Waals surface area contributed by atoms with Crippen LogP contribution < -0.4 is 0 Å². The number of aliphatic hydroxyl groups excluding tert-OH is 1.